The highest BCUT2D eigenvalue weighted by molar-refractivity contribution is 7.80. The topological polar surface area (TPSA) is 112 Å². The molecule has 0 aliphatic heterocycles. The normalized spacial score (nSPS) is 10.6. The van der Waals surface area contributed by atoms with Crippen molar-refractivity contribution in [2.75, 3.05) is 5.32 Å². The molecule has 9 heteroatoms. The summed E-state index contributed by atoms with van der Waals surface area (Å²) in [6.07, 6.45) is 4.65. The fraction of sp³-hybridized carbons (Fsp3) is 0.200. The quantitative estimate of drug-likeness (QED) is 0.328. The number of amides is 3. The lowest BCUT2D eigenvalue weighted by Gasteiger charge is -2.10. The molecule has 152 valence electrons. The van der Waals surface area contributed by atoms with Gasteiger partial charge in [0.05, 0.1) is 6.26 Å². The number of thiocarbonyl (C=S) groups is 1. The fourth-order valence-electron chi connectivity index (χ4n) is 2.20. The van der Waals surface area contributed by atoms with E-state index in [0.29, 0.717) is 23.4 Å². The van der Waals surface area contributed by atoms with E-state index in [-0.39, 0.29) is 16.9 Å². The summed E-state index contributed by atoms with van der Waals surface area (Å²) in [7, 11) is 0. The minimum absolute atomic E-state index is 0.0648. The number of carbonyl (C=O) groups is 3. The first-order valence-electron chi connectivity index (χ1n) is 8.86. The Balaban J connectivity index is 1.77. The Kier molecular flexibility index (Phi) is 8.11. The zero-order chi connectivity index (χ0) is 21.2. The first-order chi connectivity index (χ1) is 13.8. The van der Waals surface area contributed by atoms with Gasteiger partial charge in [-0.1, -0.05) is 13.8 Å². The molecule has 1 aromatic heterocycles. The van der Waals surface area contributed by atoms with Crippen LogP contribution in [0.2, 0.25) is 0 Å². The minimum atomic E-state index is -0.477. The van der Waals surface area contributed by atoms with Crippen LogP contribution in [0.1, 0.15) is 36.4 Å². The molecule has 0 aliphatic rings. The number of nitrogens with one attached hydrogen (secondary N) is 4. The Morgan fingerprint density at radius 3 is 2.45 bits per heavy atom. The van der Waals surface area contributed by atoms with E-state index in [0.717, 1.165) is 0 Å². The molecule has 0 radical (unpaired) electrons. The van der Waals surface area contributed by atoms with Crippen LogP contribution in [0.3, 0.4) is 0 Å². The highest BCUT2D eigenvalue weighted by atomic mass is 32.1. The first-order valence-corrected chi connectivity index (χ1v) is 9.27. The lowest BCUT2D eigenvalue weighted by molar-refractivity contribution is -0.117. The molecule has 0 aliphatic carbocycles. The SMILES string of the molecule is CC(C)CC(=O)Nc1ccc(C(=O)NNC(=S)NC(=O)/C=C/c2ccco2)cc1. The van der Waals surface area contributed by atoms with Crippen LogP contribution in [0.25, 0.3) is 6.08 Å². The van der Waals surface area contributed by atoms with Gasteiger partial charge < -0.3 is 9.73 Å². The fourth-order valence-corrected chi connectivity index (χ4v) is 2.35. The number of hydrazine groups is 1. The van der Waals surface area contributed by atoms with Gasteiger partial charge in [-0.2, -0.15) is 0 Å². The van der Waals surface area contributed by atoms with Crippen LogP contribution < -0.4 is 21.5 Å². The van der Waals surface area contributed by atoms with Crippen molar-refractivity contribution in [1.29, 1.82) is 0 Å². The average Bonchev–Trinajstić information content (AvgIpc) is 3.18. The molecule has 1 aromatic carbocycles. The van der Waals surface area contributed by atoms with Crippen LogP contribution in [0.15, 0.2) is 53.2 Å². The molecule has 2 aromatic rings. The van der Waals surface area contributed by atoms with Crippen molar-refractivity contribution in [3.8, 4) is 0 Å². The third kappa shape index (κ3) is 7.97. The molecule has 0 unspecified atom stereocenters. The van der Waals surface area contributed by atoms with Crippen molar-refractivity contribution < 1.29 is 18.8 Å². The number of hydrogen-bond acceptors (Lipinski definition) is 5. The lowest BCUT2D eigenvalue weighted by Crippen LogP contribution is -2.48. The second-order valence-corrected chi connectivity index (χ2v) is 6.88. The summed E-state index contributed by atoms with van der Waals surface area (Å²) < 4.78 is 5.07. The number of carbonyl (C=O) groups excluding carboxylic acids is 3. The van der Waals surface area contributed by atoms with Crippen molar-refractivity contribution in [3.63, 3.8) is 0 Å². The van der Waals surface area contributed by atoms with Crippen LogP contribution in [0, 0.1) is 5.92 Å². The molecule has 0 saturated heterocycles. The van der Waals surface area contributed by atoms with Crippen molar-refractivity contribution in [3.05, 3.63) is 60.1 Å². The molecule has 0 spiro atoms. The van der Waals surface area contributed by atoms with E-state index in [1.165, 1.54) is 18.4 Å². The van der Waals surface area contributed by atoms with Crippen LogP contribution in [-0.4, -0.2) is 22.8 Å². The van der Waals surface area contributed by atoms with Gasteiger partial charge in [0, 0.05) is 23.7 Å². The van der Waals surface area contributed by atoms with Crippen LogP contribution in [0.4, 0.5) is 5.69 Å². The van der Waals surface area contributed by atoms with Gasteiger partial charge in [0.2, 0.25) is 11.8 Å². The summed E-state index contributed by atoms with van der Waals surface area (Å²) in [5.74, 6) is -0.226. The Morgan fingerprint density at radius 2 is 1.83 bits per heavy atom. The van der Waals surface area contributed by atoms with Crippen LogP contribution in [0.5, 0.6) is 0 Å². The standard InChI is InChI=1S/C20H22N4O4S/c1-13(2)12-18(26)21-15-7-5-14(6-8-15)19(27)23-24-20(29)22-17(25)10-9-16-4-3-11-28-16/h3-11,13H,12H2,1-2H3,(H,21,26)(H,23,27)(H2,22,24,25,29)/b10-9+. The summed E-state index contributed by atoms with van der Waals surface area (Å²) in [6.45, 7) is 3.92. The summed E-state index contributed by atoms with van der Waals surface area (Å²) in [6, 6.07) is 9.79. The number of furan rings is 1. The highest BCUT2D eigenvalue weighted by Gasteiger charge is 2.09. The Bertz CT molecular complexity index is 890. The molecule has 0 atom stereocenters. The lowest BCUT2D eigenvalue weighted by atomic mass is 10.1. The van der Waals surface area contributed by atoms with Crippen LogP contribution >= 0.6 is 12.2 Å². The number of hydrogen-bond donors (Lipinski definition) is 4. The number of benzene rings is 1. The van der Waals surface area contributed by atoms with Crippen molar-refractivity contribution in [1.82, 2.24) is 16.2 Å². The van der Waals surface area contributed by atoms with Crippen molar-refractivity contribution in [2.24, 2.45) is 5.92 Å². The van der Waals surface area contributed by atoms with Gasteiger partial charge in [-0.05, 0) is 60.6 Å². The molecule has 4 N–H and O–H groups in total. The highest BCUT2D eigenvalue weighted by Crippen LogP contribution is 2.11. The van der Waals surface area contributed by atoms with E-state index >= 15 is 0 Å². The number of anilines is 1. The molecule has 0 bridgehead atoms. The van der Waals surface area contributed by atoms with E-state index in [2.05, 4.69) is 21.5 Å². The summed E-state index contributed by atoms with van der Waals surface area (Å²) >= 11 is 4.95. The Hall–Kier alpha value is -3.46. The summed E-state index contributed by atoms with van der Waals surface area (Å²) in [4.78, 5) is 35.6. The Labute approximate surface area is 173 Å². The minimum Gasteiger partial charge on any atom is -0.465 e. The van der Waals surface area contributed by atoms with Crippen LogP contribution in [-0.2, 0) is 9.59 Å². The molecular formula is C20H22N4O4S. The molecule has 0 saturated carbocycles. The van der Waals surface area contributed by atoms with Gasteiger partial charge in [-0.25, -0.2) is 0 Å². The number of rotatable bonds is 6. The molecule has 8 nitrogen and oxygen atoms in total. The molecular weight excluding hydrogens is 392 g/mol. The monoisotopic (exact) mass is 414 g/mol. The maximum absolute atomic E-state index is 12.1. The average molecular weight is 414 g/mol. The molecule has 2 rings (SSSR count). The first kappa shape index (κ1) is 21.8. The van der Waals surface area contributed by atoms with E-state index in [9.17, 15) is 14.4 Å². The largest absolute Gasteiger partial charge is 0.465 e. The molecule has 3 amide bonds. The van der Waals surface area contributed by atoms with Gasteiger partial charge in [0.25, 0.3) is 5.91 Å². The van der Waals surface area contributed by atoms with Crippen molar-refractivity contribution >= 4 is 46.8 Å². The third-order valence-corrected chi connectivity index (χ3v) is 3.70. The zero-order valence-electron chi connectivity index (χ0n) is 16.0. The molecule has 1 heterocycles. The summed E-state index contributed by atoms with van der Waals surface area (Å²) in [5, 5.41) is 5.09. The van der Waals surface area contributed by atoms with Gasteiger partial charge in [-0.15, -0.1) is 0 Å². The van der Waals surface area contributed by atoms with E-state index < -0.39 is 11.8 Å². The molecule has 0 fully saturated rings. The van der Waals surface area contributed by atoms with Gasteiger partial charge in [0.1, 0.15) is 5.76 Å². The van der Waals surface area contributed by atoms with Gasteiger partial charge >= 0.3 is 0 Å². The van der Waals surface area contributed by atoms with Gasteiger partial charge in [0.15, 0.2) is 5.11 Å². The predicted molar refractivity (Wildman–Crippen MR) is 114 cm³/mol. The van der Waals surface area contributed by atoms with E-state index in [1.807, 2.05) is 13.8 Å². The predicted octanol–water partition coefficient (Wildman–Crippen LogP) is 2.61. The zero-order valence-corrected chi connectivity index (χ0v) is 16.8. The summed E-state index contributed by atoms with van der Waals surface area (Å²) in [5.41, 5.74) is 5.79. The third-order valence-electron chi connectivity index (χ3n) is 3.49. The second kappa shape index (κ2) is 10.8. The van der Waals surface area contributed by atoms with Gasteiger partial charge in [-0.3, -0.25) is 30.6 Å². The maximum Gasteiger partial charge on any atom is 0.269 e. The maximum atomic E-state index is 12.1. The smallest absolute Gasteiger partial charge is 0.269 e. The second-order valence-electron chi connectivity index (χ2n) is 6.47. The van der Waals surface area contributed by atoms with Crippen molar-refractivity contribution in [2.45, 2.75) is 20.3 Å². The Morgan fingerprint density at radius 1 is 1.10 bits per heavy atom. The molecule has 29 heavy (non-hydrogen) atoms. The van der Waals surface area contributed by atoms with E-state index in [4.69, 9.17) is 16.6 Å². The van der Waals surface area contributed by atoms with E-state index in [1.54, 1.807) is 36.4 Å².